The van der Waals surface area contributed by atoms with E-state index in [9.17, 15) is 0 Å². The maximum absolute atomic E-state index is 2.31. The van der Waals surface area contributed by atoms with Crippen LogP contribution in [0.1, 0.15) is 27.8 Å². The molecule has 0 saturated carbocycles. The van der Waals surface area contributed by atoms with Gasteiger partial charge in [0.1, 0.15) is 7.05 Å². The molecule has 2 aromatic carbocycles. The van der Waals surface area contributed by atoms with Gasteiger partial charge in [0.05, 0.1) is 0 Å². The molecule has 0 saturated heterocycles. The Labute approximate surface area is 145 Å². The molecule has 0 N–H and O–H groups in total. The molecule has 0 aliphatic carbocycles. The lowest BCUT2D eigenvalue weighted by Gasteiger charge is -2.12. The van der Waals surface area contributed by atoms with Gasteiger partial charge in [-0.2, -0.15) is 0 Å². The summed E-state index contributed by atoms with van der Waals surface area (Å²) in [5.41, 5.74) is 11.8. The van der Waals surface area contributed by atoms with Crippen LogP contribution in [0.2, 0.25) is 0 Å². The Bertz CT molecular complexity index is 842. The highest BCUT2D eigenvalue weighted by molar-refractivity contribution is 5.72. The monoisotopic (exact) mass is 316 g/mol. The molecule has 1 nitrogen and oxygen atoms in total. The summed E-state index contributed by atoms with van der Waals surface area (Å²) < 4.78 is 2.25. The number of rotatable bonds is 2. The molecule has 0 radical (unpaired) electrons. The average Bonchev–Trinajstić information content (AvgIpc) is 2.50. The first-order valence-electron chi connectivity index (χ1n) is 8.52. The molecule has 122 valence electrons. The van der Waals surface area contributed by atoms with Crippen molar-refractivity contribution in [1.82, 2.24) is 0 Å². The third kappa shape index (κ3) is 2.99. The number of aryl methyl sites for hydroxylation is 6. The maximum atomic E-state index is 2.31. The van der Waals surface area contributed by atoms with Gasteiger partial charge in [-0.25, -0.2) is 4.57 Å². The second-order valence-electron chi connectivity index (χ2n) is 7.00. The van der Waals surface area contributed by atoms with Gasteiger partial charge in [-0.15, -0.1) is 0 Å². The lowest BCUT2D eigenvalue weighted by molar-refractivity contribution is -0.660. The van der Waals surface area contributed by atoms with E-state index in [0.29, 0.717) is 0 Å². The van der Waals surface area contributed by atoms with E-state index in [4.69, 9.17) is 0 Å². The van der Waals surface area contributed by atoms with E-state index in [2.05, 4.69) is 94.9 Å². The topological polar surface area (TPSA) is 3.88 Å². The van der Waals surface area contributed by atoms with Crippen LogP contribution >= 0.6 is 0 Å². The normalized spacial score (nSPS) is 10.9. The lowest BCUT2D eigenvalue weighted by atomic mass is 9.94. The first-order chi connectivity index (χ1) is 11.4. The molecule has 1 heteroatoms. The third-order valence-electron chi connectivity index (χ3n) is 4.81. The smallest absolute Gasteiger partial charge is 0.200 e. The second-order valence-corrected chi connectivity index (χ2v) is 7.00. The standard InChI is InChI=1S/C23H26N/c1-15-7-9-20(17(3)11-15)22-14-24(6)23(13-19(22)5)21-10-8-16(2)12-18(21)4/h7-14H,1-6H3/q+1. The second kappa shape index (κ2) is 6.24. The first kappa shape index (κ1) is 16.4. The number of pyridine rings is 1. The third-order valence-corrected chi connectivity index (χ3v) is 4.81. The van der Waals surface area contributed by atoms with Crippen molar-refractivity contribution in [1.29, 1.82) is 0 Å². The van der Waals surface area contributed by atoms with Crippen molar-refractivity contribution >= 4 is 0 Å². The molecule has 0 unspecified atom stereocenters. The van der Waals surface area contributed by atoms with Crippen LogP contribution in [0.4, 0.5) is 0 Å². The molecule has 3 aromatic rings. The summed E-state index contributed by atoms with van der Waals surface area (Å²) in [5.74, 6) is 0. The van der Waals surface area contributed by atoms with Gasteiger partial charge < -0.3 is 0 Å². The number of aromatic nitrogens is 1. The van der Waals surface area contributed by atoms with Crippen LogP contribution in [0, 0.1) is 34.6 Å². The minimum atomic E-state index is 1.26. The minimum Gasteiger partial charge on any atom is -0.200 e. The zero-order chi connectivity index (χ0) is 17.4. The molecule has 24 heavy (non-hydrogen) atoms. The van der Waals surface area contributed by atoms with Crippen molar-refractivity contribution in [2.75, 3.05) is 0 Å². The Kier molecular flexibility index (Phi) is 4.28. The molecular formula is C23H26N+. The van der Waals surface area contributed by atoms with Crippen LogP contribution in [-0.4, -0.2) is 0 Å². The summed E-state index contributed by atoms with van der Waals surface area (Å²) in [5, 5.41) is 0. The summed E-state index contributed by atoms with van der Waals surface area (Å²) in [6.07, 6.45) is 2.27. The fraction of sp³-hybridized carbons (Fsp3) is 0.261. The van der Waals surface area contributed by atoms with Gasteiger partial charge in [0.15, 0.2) is 6.20 Å². The highest BCUT2D eigenvalue weighted by Crippen LogP contribution is 2.29. The van der Waals surface area contributed by atoms with E-state index in [-0.39, 0.29) is 0 Å². The predicted molar refractivity (Wildman–Crippen MR) is 102 cm³/mol. The van der Waals surface area contributed by atoms with Gasteiger partial charge in [0.2, 0.25) is 5.69 Å². The molecule has 1 heterocycles. The van der Waals surface area contributed by atoms with Gasteiger partial charge in [-0.1, -0.05) is 41.5 Å². The molecular weight excluding hydrogens is 290 g/mol. The molecule has 0 atom stereocenters. The molecule has 0 bridgehead atoms. The molecule has 0 spiro atoms. The fourth-order valence-electron chi connectivity index (χ4n) is 3.52. The Morgan fingerprint density at radius 2 is 1.08 bits per heavy atom. The van der Waals surface area contributed by atoms with E-state index in [1.165, 1.54) is 50.2 Å². The minimum absolute atomic E-state index is 1.26. The summed E-state index contributed by atoms with van der Waals surface area (Å²) in [4.78, 5) is 0. The SMILES string of the molecule is Cc1ccc(-c2c[n+](C)c(-c3ccc(C)cc3C)cc2C)c(C)c1. The largest absolute Gasteiger partial charge is 0.212 e. The Morgan fingerprint density at radius 3 is 1.62 bits per heavy atom. The first-order valence-corrected chi connectivity index (χ1v) is 8.52. The van der Waals surface area contributed by atoms with E-state index >= 15 is 0 Å². The number of hydrogen-bond acceptors (Lipinski definition) is 0. The van der Waals surface area contributed by atoms with Crippen molar-refractivity contribution in [3.63, 3.8) is 0 Å². The quantitative estimate of drug-likeness (QED) is 0.558. The van der Waals surface area contributed by atoms with Crippen molar-refractivity contribution in [3.8, 4) is 22.4 Å². The molecule has 1 aromatic heterocycles. The van der Waals surface area contributed by atoms with E-state index in [1.54, 1.807) is 0 Å². The zero-order valence-corrected chi connectivity index (χ0v) is 15.6. The van der Waals surface area contributed by atoms with Crippen LogP contribution in [0.3, 0.4) is 0 Å². The Hall–Kier alpha value is -2.41. The van der Waals surface area contributed by atoms with Gasteiger partial charge in [-0.3, -0.25) is 0 Å². The average molecular weight is 316 g/mol. The zero-order valence-electron chi connectivity index (χ0n) is 15.6. The summed E-state index contributed by atoms with van der Waals surface area (Å²) in [6, 6.07) is 15.7. The van der Waals surface area contributed by atoms with Gasteiger partial charge in [0.25, 0.3) is 0 Å². The van der Waals surface area contributed by atoms with Gasteiger partial charge in [-0.05, 0) is 62.9 Å². The van der Waals surface area contributed by atoms with Crippen molar-refractivity contribution < 1.29 is 4.57 Å². The molecule has 0 fully saturated rings. The van der Waals surface area contributed by atoms with Crippen LogP contribution in [0.5, 0.6) is 0 Å². The number of nitrogens with zero attached hydrogens (tertiary/aromatic N) is 1. The molecule has 0 aliphatic rings. The lowest BCUT2D eigenvalue weighted by Crippen LogP contribution is -2.31. The summed E-state index contributed by atoms with van der Waals surface area (Å²) >= 11 is 0. The van der Waals surface area contributed by atoms with Crippen molar-refractivity contribution in [2.45, 2.75) is 34.6 Å². The highest BCUT2D eigenvalue weighted by Gasteiger charge is 2.17. The van der Waals surface area contributed by atoms with E-state index in [1.807, 2.05) is 0 Å². The predicted octanol–water partition coefficient (Wildman–Crippen LogP) is 5.39. The van der Waals surface area contributed by atoms with Crippen LogP contribution < -0.4 is 4.57 Å². The Balaban J connectivity index is 2.15. The summed E-state index contributed by atoms with van der Waals surface area (Å²) in [6.45, 7) is 10.9. The highest BCUT2D eigenvalue weighted by atomic mass is 14.9. The van der Waals surface area contributed by atoms with Gasteiger partial charge >= 0.3 is 0 Å². The Morgan fingerprint density at radius 1 is 0.583 bits per heavy atom. The summed E-state index contributed by atoms with van der Waals surface area (Å²) in [7, 11) is 2.14. The molecule has 0 amide bonds. The number of hydrogen-bond donors (Lipinski definition) is 0. The van der Waals surface area contributed by atoms with Crippen LogP contribution in [0.15, 0.2) is 48.7 Å². The van der Waals surface area contributed by atoms with Crippen LogP contribution in [0.25, 0.3) is 22.4 Å². The molecule has 3 rings (SSSR count). The van der Waals surface area contributed by atoms with E-state index in [0.717, 1.165) is 0 Å². The van der Waals surface area contributed by atoms with Crippen molar-refractivity contribution in [3.05, 3.63) is 76.5 Å². The molecule has 0 aliphatic heterocycles. The van der Waals surface area contributed by atoms with Crippen molar-refractivity contribution in [2.24, 2.45) is 7.05 Å². The fourth-order valence-corrected chi connectivity index (χ4v) is 3.52. The van der Waals surface area contributed by atoms with Gasteiger partial charge in [0, 0.05) is 17.2 Å². The maximum Gasteiger partial charge on any atom is 0.212 e. The van der Waals surface area contributed by atoms with Crippen LogP contribution in [-0.2, 0) is 7.05 Å². The van der Waals surface area contributed by atoms with E-state index < -0.39 is 0 Å². The number of benzene rings is 2.